The first-order valence-electron chi connectivity index (χ1n) is 3.85. The van der Waals surface area contributed by atoms with E-state index in [0.717, 1.165) is 12.2 Å². The van der Waals surface area contributed by atoms with E-state index in [0.29, 0.717) is 5.57 Å². The van der Waals surface area contributed by atoms with Crippen molar-refractivity contribution in [1.29, 1.82) is 0 Å². The molecular weight excluding hydrogens is 184 g/mol. The topological polar surface area (TPSA) is 71.4 Å². The molecule has 0 radical (unpaired) electrons. The number of carbonyl (C=O) groups excluding carboxylic acids is 2. The summed E-state index contributed by atoms with van der Waals surface area (Å²) in [6, 6.07) is 0. The lowest BCUT2D eigenvalue weighted by Crippen LogP contribution is -1.89. The lowest BCUT2D eigenvalue weighted by atomic mass is 10.3. The smallest absolute Gasteiger partial charge is 0.328 e. The molecule has 0 fully saturated rings. The van der Waals surface area contributed by atoms with E-state index in [-0.39, 0.29) is 11.6 Å². The lowest BCUT2D eigenvalue weighted by molar-refractivity contribution is -0.131. The molecule has 0 rings (SSSR count). The Morgan fingerprint density at radius 1 is 1.07 bits per heavy atom. The third-order valence-electron chi connectivity index (χ3n) is 1.06. The number of aliphatic carboxylic acids is 1. The molecule has 0 aromatic carbocycles. The Morgan fingerprint density at radius 3 is 1.50 bits per heavy atom. The molecule has 0 saturated heterocycles. The Labute approximate surface area is 82.9 Å². The summed E-state index contributed by atoms with van der Waals surface area (Å²) in [6.07, 6.45) is 1.81. The zero-order chi connectivity index (χ0) is 11.7. The highest BCUT2D eigenvalue weighted by molar-refractivity contribution is 5.93. The fourth-order valence-corrected chi connectivity index (χ4v) is 0.189. The van der Waals surface area contributed by atoms with Crippen LogP contribution >= 0.6 is 0 Å². The van der Waals surface area contributed by atoms with Crippen molar-refractivity contribution in [3.8, 4) is 0 Å². The average Bonchev–Trinajstić information content (AvgIpc) is 2.01. The van der Waals surface area contributed by atoms with Crippen LogP contribution in [0.1, 0.15) is 20.8 Å². The first kappa shape index (κ1) is 14.8. The summed E-state index contributed by atoms with van der Waals surface area (Å²) in [5, 5.41) is 7.92. The first-order chi connectivity index (χ1) is 6.27. The Kier molecular flexibility index (Phi) is 8.36. The van der Waals surface area contributed by atoms with Crippen molar-refractivity contribution in [2.75, 3.05) is 0 Å². The van der Waals surface area contributed by atoms with Gasteiger partial charge in [0.25, 0.3) is 0 Å². The van der Waals surface area contributed by atoms with Gasteiger partial charge in [-0.15, -0.1) is 0 Å². The Hall–Kier alpha value is -1.71. The molecule has 0 atom stereocenters. The van der Waals surface area contributed by atoms with Crippen molar-refractivity contribution < 1.29 is 19.5 Å². The molecule has 14 heavy (non-hydrogen) atoms. The van der Waals surface area contributed by atoms with Crippen molar-refractivity contribution >= 4 is 17.5 Å². The van der Waals surface area contributed by atoms with Crippen LogP contribution in [0.2, 0.25) is 0 Å². The molecule has 0 saturated carbocycles. The number of Topliss-reactive ketones (excluding diaryl/α,β-unsaturated/α-hetero) is 1. The first-order valence-corrected chi connectivity index (χ1v) is 3.85. The Bertz CT molecular complexity index is 246. The number of allylic oxidation sites excluding steroid dienone is 2. The van der Waals surface area contributed by atoms with E-state index in [1.54, 1.807) is 6.92 Å². The highest BCUT2D eigenvalue weighted by Gasteiger charge is 1.86. The molecule has 4 nitrogen and oxygen atoms in total. The molecule has 0 heterocycles. The van der Waals surface area contributed by atoms with Gasteiger partial charge in [-0.05, 0) is 32.4 Å². The third kappa shape index (κ3) is 16.7. The van der Waals surface area contributed by atoms with Crippen molar-refractivity contribution in [3.05, 3.63) is 24.3 Å². The van der Waals surface area contributed by atoms with Gasteiger partial charge < -0.3 is 5.11 Å². The van der Waals surface area contributed by atoms with Gasteiger partial charge in [-0.2, -0.15) is 0 Å². The van der Waals surface area contributed by atoms with Crippen LogP contribution in [0.4, 0.5) is 0 Å². The largest absolute Gasteiger partial charge is 0.478 e. The quantitative estimate of drug-likeness (QED) is 0.695. The van der Waals surface area contributed by atoms with Gasteiger partial charge in [-0.25, -0.2) is 4.79 Å². The fraction of sp³-hybridized carbons (Fsp3) is 0.300. The second kappa shape index (κ2) is 7.91. The number of carbonyl (C=O) groups is 3. The SMILES string of the molecule is C=C(C)C(C)=O.CC(=O)/C=C\C(=O)O. The summed E-state index contributed by atoms with van der Waals surface area (Å²) >= 11 is 0. The van der Waals surface area contributed by atoms with Crippen LogP contribution in [0, 0.1) is 0 Å². The Morgan fingerprint density at radius 2 is 1.43 bits per heavy atom. The van der Waals surface area contributed by atoms with E-state index < -0.39 is 5.97 Å². The predicted molar refractivity (Wildman–Crippen MR) is 53.0 cm³/mol. The van der Waals surface area contributed by atoms with Crippen molar-refractivity contribution in [2.45, 2.75) is 20.8 Å². The van der Waals surface area contributed by atoms with Crippen LogP contribution in [0.3, 0.4) is 0 Å². The zero-order valence-corrected chi connectivity index (χ0v) is 8.53. The number of hydrogen-bond donors (Lipinski definition) is 1. The molecule has 78 valence electrons. The van der Waals surface area contributed by atoms with E-state index in [1.807, 2.05) is 0 Å². The number of ketones is 2. The van der Waals surface area contributed by atoms with Gasteiger partial charge in [0.1, 0.15) is 0 Å². The lowest BCUT2D eigenvalue weighted by Gasteiger charge is -1.80. The number of hydrogen-bond acceptors (Lipinski definition) is 3. The van der Waals surface area contributed by atoms with Crippen LogP contribution in [0.5, 0.6) is 0 Å². The summed E-state index contributed by atoms with van der Waals surface area (Å²) in [7, 11) is 0. The summed E-state index contributed by atoms with van der Waals surface area (Å²) in [6.45, 7) is 7.90. The normalized spacial score (nSPS) is 8.79. The zero-order valence-electron chi connectivity index (χ0n) is 8.53. The fourth-order valence-electron chi connectivity index (χ4n) is 0.189. The standard InChI is InChI=1S/C5H6O3.C5H8O/c1-4(6)2-3-5(7)8;1-4(2)5(3)6/h2-3H,1H3,(H,7,8);1H2,2-3H3/b3-2-;. The Balaban J connectivity index is 0. The molecule has 4 heteroatoms. The van der Waals surface area contributed by atoms with Crippen LogP contribution in [-0.2, 0) is 14.4 Å². The maximum atomic E-state index is 10.0. The summed E-state index contributed by atoms with van der Waals surface area (Å²) in [5.41, 5.74) is 0.620. The van der Waals surface area contributed by atoms with Crippen LogP contribution < -0.4 is 0 Å². The molecule has 0 unspecified atom stereocenters. The summed E-state index contributed by atoms with van der Waals surface area (Å²) in [4.78, 5) is 29.7. The average molecular weight is 198 g/mol. The number of carboxylic acids is 1. The van der Waals surface area contributed by atoms with Crippen molar-refractivity contribution in [3.63, 3.8) is 0 Å². The number of carboxylic acid groups (broad SMARTS) is 1. The second-order valence-corrected chi connectivity index (χ2v) is 2.62. The number of rotatable bonds is 3. The summed E-state index contributed by atoms with van der Waals surface area (Å²) < 4.78 is 0. The van der Waals surface area contributed by atoms with Gasteiger partial charge in [-0.3, -0.25) is 9.59 Å². The second-order valence-electron chi connectivity index (χ2n) is 2.62. The molecule has 0 aromatic rings. The van der Waals surface area contributed by atoms with Gasteiger partial charge >= 0.3 is 5.97 Å². The molecular formula is C10H14O4. The molecule has 0 amide bonds. The summed E-state index contributed by atoms with van der Waals surface area (Å²) in [5.74, 6) is -1.29. The van der Waals surface area contributed by atoms with Crippen molar-refractivity contribution in [1.82, 2.24) is 0 Å². The monoisotopic (exact) mass is 198 g/mol. The molecule has 0 aliphatic carbocycles. The highest BCUT2D eigenvalue weighted by Crippen LogP contribution is 1.84. The van der Waals surface area contributed by atoms with Crippen molar-refractivity contribution in [2.24, 2.45) is 0 Å². The molecule has 0 aliphatic heterocycles. The van der Waals surface area contributed by atoms with Crippen LogP contribution in [0.15, 0.2) is 24.3 Å². The van der Waals surface area contributed by atoms with Gasteiger partial charge in [0.15, 0.2) is 11.6 Å². The molecule has 0 aromatic heterocycles. The minimum absolute atomic E-state index is 0.0648. The third-order valence-corrected chi connectivity index (χ3v) is 1.06. The minimum atomic E-state index is -1.10. The molecule has 1 N–H and O–H groups in total. The van der Waals surface area contributed by atoms with Crippen LogP contribution in [-0.4, -0.2) is 22.6 Å². The van der Waals surface area contributed by atoms with Gasteiger partial charge in [-0.1, -0.05) is 6.58 Å². The van der Waals surface area contributed by atoms with E-state index in [1.165, 1.54) is 13.8 Å². The predicted octanol–water partition coefficient (Wildman–Crippen LogP) is 1.37. The van der Waals surface area contributed by atoms with E-state index in [9.17, 15) is 14.4 Å². The maximum absolute atomic E-state index is 10.0. The van der Waals surface area contributed by atoms with Gasteiger partial charge in [0, 0.05) is 6.08 Å². The van der Waals surface area contributed by atoms with Crippen LogP contribution in [0.25, 0.3) is 0 Å². The van der Waals surface area contributed by atoms with Gasteiger partial charge in [0.2, 0.25) is 0 Å². The van der Waals surface area contributed by atoms with Gasteiger partial charge in [0.05, 0.1) is 0 Å². The molecule has 0 spiro atoms. The van der Waals surface area contributed by atoms with E-state index in [4.69, 9.17) is 5.11 Å². The molecule has 0 aliphatic rings. The maximum Gasteiger partial charge on any atom is 0.328 e. The van der Waals surface area contributed by atoms with E-state index in [2.05, 4.69) is 6.58 Å². The minimum Gasteiger partial charge on any atom is -0.478 e. The highest BCUT2D eigenvalue weighted by atomic mass is 16.4. The van der Waals surface area contributed by atoms with E-state index >= 15 is 0 Å². The molecule has 0 bridgehead atoms.